The molecular weight excluding hydrogens is 187 g/mol. The molecule has 0 unspecified atom stereocenters. The molecule has 0 aromatic heterocycles. The van der Waals surface area contributed by atoms with Crippen LogP contribution in [0.25, 0.3) is 0 Å². The predicted molar refractivity (Wildman–Crippen MR) is 45.5 cm³/mol. The van der Waals surface area contributed by atoms with Crippen LogP contribution >= 0.6 is 0 Å². The van der Waals surface area contributed by atoms with Crippen LogP contribution in [0, 0.1) is 39.1 Å². The van der Waals surface area contributed by atoms with Crippen molar-refractivity contribution in [3.63, 3.8) is 0 Å². The van der Waals surface area contributed by atoms with Crippen molar-refractivity contribution in [3.8, 4) is 17.9 Å². The minimum atomic E-state index is -0.959. The second-order valence-corrected chi connectivity index (χ2v) is 2.25. The lowest BCUT2D eigenvalue weighted by Crippen LogP contribution is -1.95. The number of nitro benzene ring substituents is 1. The van der Waals surface area contributed by atoms with Gasteiger partial charge in [0.2, 0.25) is 5.82 Å². The van der Waals surface area contributed by atoms with E-state index < -0.39 is 16.4 Å². The first kappa shape index (κ1) is 9.69. The smallest absolute Gasteiger partial charge is 0.258 e. The van der Waals surface area contributed by atoms with Gasteiger partial charge in [0.05, 0.1) is 4.92 Å². The van der Waals surface area contributed by atoms with Gasteiger partial charge in [0.25, 0.3) is 0 Å². The molecule has 0 aliphatic carbocycles. The number of nitro groups is 1. The second kappa shape index (κ2) is 4.01. The fraction of sp³-hybridized carbons (Fsp3) is 0. The molecular formula is C9H3FN2O2. The Bertz CT molecular complexity index is 480. The van der Waals surface area contributed by atoms with E-state index in [1.165, 1.54) is 18.2 Å². The van der Waals surface area contributed by atoms with Gasteiger partial charge in [-0.3, -0.25) is 10.1 Å². The number of hydrogen-bond donors (Lipinski definition) is 0. The molecule has 0 saturated carbocycles. The Hall–Kier alpha value is -2.40. The third-order valence-corrected chi connectivity index (χ3v) is 1.42. The van der Waals surface area contributed by atoms with Gasteiger partial charge in [-0.1, -0.05) is 6.07 Å². The summed E-state index contributed by atoms with van der Waals surface area (Å²) in [4.78, 5) is 9.56. The van der Waals surface area contributed by atoms with Crippen molar-refractivity contribution < 1.29 is 9.31 Å². The molecule has 1 aromatic carbocycles. The first-order valence-electron chi connectivity index (χ1n) is 3.50. The predicted octanol–water partition coefficient (Wildman–Crippen LogP) is 1.61. The number of benzene rings is 1. The van der Waals surface area contributed by atoms with Gasteiger partial charge in [0.15, 0.2) is 6.07 Å². The van der Waals surface area contributed by atoms with Crippen LogP contribution < -0.4 is 0 Å². The van der Waals surface area contributed by atoms with E-state index in [1.807, 2.05) is 5.92 Å². The van der Waals surface area contributed by atoms with Crippen molar-refractivity contribution in [1.29, 1.82) is 5.26 Å². The van der Waals surface area contributed by atoms with Gasteiger partial charge in [0.1, 0.15) is 5.56 Å². The summed E-state index contributed by atoms with van der Waals surface area (Å²) < 4.78 is 12.9. The van der Waals surface area contributed by atoms with Gasteiger partial charge in [-0.15, -0.1) is 0 Å². The van der Waals surface area contributed by atoms with Gasteiger partial charge < -0.3 is 0 Å². The third-order valence-electron chi connectivity index (χ3n) is 1.42. The van der Waals surface area contributed by atoms with Gasteiger partial charge >= 0.3 is 5.69 Å². The SMILES string of the molecule is N#CC#Cc1cccc(F)c1[N+](=O)[O-]. The molecule has 4 nitrogen and oxygen atoms in total. The van der Waals surface area contributed by atoms with Crippen LogP contribution in [0.2, 0.25) is 0 Å². The van der Waals surface area contributed by atoms with Gasteiger partial charge in [-0.25, -0.2) is 0 Å². The Morgan fingerprint density at radius 3 is 2.79 bits per heavy atom. The largest absolute Gasteiger partial charge is 0.320 e. The summed E-state index contributed by atoms with van der Waals surface area (Å²) in [6.07, 6.45) is 0. The van der Waals surface area contributed by atoms with Crippen molar-refractivity contribution in [2.45, 2.75) is 0 Å². The molecule has 1 rings (SSSR count). The lowest BCUT2D eigenvalue weighted by molar-refractivity contribution is -0.387. The van der Waals surface area contributed by atoms with E-state index in [9.17, 15) is 14.5 Å². The summed E-state index contributed by atoms with van der Waals surface area (Å²) in [6, 6.07) is 5.04. The van der Waals surface area contributed by atoms with Crippen LogP contribution in [0.5, 0.6) is 0 Å². The summed E-state index contributed by atoms with van der Waals surface area (Å²) in [5.41, 5.74) is -0.799. The fourth-order valence-electron chi connectivity index (χ4n) is 0.897. The highest BCUT2D eigenvalue weighted by atomic mass is 19.1. The Labute approximate surface area is 78.7 Å². The quantitative estimate of drug-likeness (QED) is 0.383. The number of rotatable bonds is 1. The van der Waals surface area contributed by atoms with Crippen molar-refractivity contribution in [1.82, 2.24) is 0 Å². The van der Waals surface area contributed by atoms with Crippen LogP contribution in [0.4, 0.5) is 10.1 Å². The Morgan fingerprint density at radius 1 is 1.50 bits per heavy atom. The minimum Gasteiger partial charge on any atom is -0.258 e. The second-order valence-electron chi connectivity index (χ2n) is 2.25. The van der Waals surface area contributed by atoms with Crippen molar-refractivity contribution >= 4 is 5.69 Å². The van der Waals surface area contributed by atoms with Gasteiger partial charge in [-0.05, 0) is 18.1 Å². The standard InChI is InChI=1S/C9H3FN2O2/c10-8-5-1-3-7(4-2-6-11)9(8)12(13)14/h1,3,5H. The summed E-state index contributed by atoms with van der Waals surface area (Å²) in [6.45, 7) is 0. The Morgan fingerprint density at radius 2 is 2.21 bits per heavy atom. The molecule has 0 amide bonds. The van der Waals surface area contributed by atoms with Crippen molar-refractivity contribution in [2.75, 3.05) is 0 Å². The van der Waals surface area contributed by atoms with Crippen LogP contribution in [0.15, 0.2) is 18.2 Å². The zero-order valence-corrected chi connectivity index (χ0v) is 6.82. The van der Waals surface area contributed by atoms with Crippen LogP contribution in [0.3, 0.4) is 0 Å². The van der Waals surface area contributed by atoms with E-state index in [0.29, 0.717) is 0 Å². The molecule has 0 aliphatic rings. The molecule has 0 atom stereocenters. The lowest BCUT2D eigenvalue weighted by Gasteiger charge is -1.95. The number of hydrogen-bond acceptors (Lipinski definition) is 3. The number of nitrogens with zero attached hydrogens (tertiary/aromatic N) is 2. The minimum absolute atomic E-state index is 0.100. The highest BCUT2D eigenvalue weighted by Crippen LogP contribution is 2.20. The topological polar surface area (TPSA) is 66.9 Å². The molecule has 1 aromatic rings. The van der Waals surface area contributed by atoms with E-state index >= 15 is 0 Å². The van der Waals surface area contributed by atoms with Gasteiger partial charge in [0, 0.05) is 5.92 Å². The highest BCUT2D eigenvalue weighted by molar-refractivity contribution is 5.52. The molecule has 0 heterocycles. The zero-order valence-electron chi connectivity index (χ0n) is 6.82. The Balaban J connectivity index is 3.37. The molecule has 0 saturated heterocycles. The monoisotopic (exact) mass is 190 g/mol. The average Bonchev–Trinajstić information content (AvgIpc) is 2.14. The normalized spacial score (nSPS) is 8.29. The van der Waals surface area contributed by atoms with Crippen LogP contribution in [-0.4, -0.2) is 4.92 Å². The molecule has 0 radical (unpaired) electrons. The molecule has 68 valence electrons. The molecule has 5 heteroatoms. The van der Waals surface area contributed by atoms with Crippen LogP contribution in [-0.2, 0) is 0 Å². The number of para-hydroxylation sites is 1. The maximum atomic E-state index is 12.9. The highest BCUT2D eigenvalue weighted by Gasteiger charge is 2.17. The Kier molecular flexibility index (Phi) is 2.78. The third kappa shape index (κ3) is 1.85. The summed E-state index contributed by atoms with van der Waals surface area (Å²) in [5, 5.41) is 18.6. The van der Waals surface area contributed by atoms with E-state index in [1.54, 1.807) is 0 Å². The molecule has 0 N–H and O–H groups in total. The maximum Gasteiger partial charge on any atom is 0.320 e. The number of halogens is 1. The fourth-order valence-corrected chi connectivity index (χ4v) is 0.897. The summed E-state index contributed by atoms with van der Waals surface area (Å²) >= 11 is 0. The van der Waals surface area contributed by atoms with Crippen LogP contribution in [0.1, 0.15) is 5.56 Å². The molecule has 0 bridgehead atoms. The first-order valence-corrected chi connectivity index (χ1v) is 3.50. The zero-order chi connectivity index (χ0) is 10.6. The first-order chi connectivity index (χ1) is 6.66. The van der Waals surface area contributed by atoms with E-state index in [2.05, 4.69) is 5.92 Å². The average molecular weight is 190 g/mol. The lowest BCUT2D eigenvalue weighted by atomic mass is 10.2. The van der Waals surface area contributed by atoms with Crippen molar-refractivity contribution in [2.24, 2.45) is 0 Å². The van der Waals surface area contributed by atoms with Gasteiger partial charge in [-0.2, -0.15) is 9.65 Å². The molecule has 0 spiro atoms. The molecule has 0 fully saturated rings. The molecule has 0 aliphatic heterocycles. The van der Waals surface area contributed by atoms with E-state index in [4.69, 9.17) is 5.26 Å². The maximum absolute atomic E-state index is 12.9. The van der Waals surface area contributed by atoms with Crippen molar-refractivity contribution in [3.05, 3.63) is 39.7 Å². The number of nitriles is 1. The molecule has 14 heavy (non-hydrogen) atoms. The summed E-state index contributed by atoms with van der Waals surface area (Å²) in [5.74, 6) is 3.21. The van der Waals surface area contributed by atoms with E-state index in [0.717, 1.165) is 6.07 Å². The van der Waals surface area contributed by atoms with E-state index in [-0.39, 0.29) is 5.56 Å². The summed E-state index contributed by atoms with van der Waals surface area (Å²) in [7, 11) is 0.